The quantitative estimate of drug-likeness (QED) is 0.475. The summed E-state index contributed by atoms with van der Waals surface area (Å²) < 4.78 is 5.42. The van der Waals surface area contributed by atoms with Crippen molar-refractivity contribution in [3.05, 3.63) is 65.7 Å². The lowest BCUT2D eigenvalue weighted by Gasteiger charge is -2.09. The number of carbonyl (C=O) groups excluding carboxylic acids is 2. The van der Waals surface area contributed by atoms with Crippen LogP contribution in [0.2, 0.25) is 0 Å². The van der Waals surface area contributed by atoms with Crippen LogP contribution in [0.5, 0.6) is 5.75 Å². The van der Waals surface area contributed by atoms with Gasteiger partial charge < -0.3 is 10.1 Å². The van der Waals surface area contributed by atoms with E-state index < -0.39 is 0 Å². The first-order valence-electron chi connectivity index (χ1n) is 8.98. The minimum Gasteiger partial charge on any atom is -0.484 e. The SMILES string of the molecule is CC(C)NC(=O)COc1ccc(/C=N/NC(=O)CSCc2ccccc2)cc1. The topological polar surface area (TPSA) is 79.8 Å². The first-order chi connectivity index (χ1) is 13.5. The van der Waals surface area contributed by atoms with Crippen molar-refractivity contribution in [3.63, 3.8) is 0 Å². The maximum atomic E-state index is 11.8. The largest absolute Gasteiger partial charge is 0.484 e. The first kappa shape index (κ1) is 21.5. The summed E-state index contributed by atoms with van der Waals surface area (Å²) in [4.78, 5) is 23.4. The fourth-order valence-corrected chi connectivity index (χ4v) is 2.99. The van der Waals surface area contributed by atoms with Crippen molar-refractivity contribution in [2.45, 2.75) is 25.6 Å². The molecule has 0 saturated heterocycles. The lowest BCUT2D eigenvalue weighted by molar-refractivity contribution is -0.123. The van der Waals surface area contributed by atoms with E-state index in [9.17, 15) is 9.59 Å². The van der Waals surface area contributed by atoms with Crippen LogP contribution in [0.1, 0.15) is 25.0 Å². The lowest BCUT2D eigenvalue weighted by atomic mass is 10.2. The Labute approximate surface area is 169 Å². The third-order valence-corrected chi connectivity index (χ3v) is 4.45. The van der Waals surface area contributed by atoms with E-state index in [1.165, 1.54) is 17.3 Å². The number of rotatable bonds is 10. The summed E-state index contributed by atoms with van der Waals surface area (Å²) in [5, 5.41) is 6.72. The van der Waals surface area contributed by atoms with Gasteiger partial charge in [0.15, 0.2) is 6.61 Å². The molecule has 0 atom stereocenters. The van der Waals surface area contributed by atoms with E-state index >= 15 is 0 Å². The Kier molecular flexibility index (Phi) is 9.07. The number of hydrogen-bond acceptors (Lipinski definition) is 5. The molecule has 2 rings (SSSR count). The van der Waals surface area contributed by atoms with E-state index in [0.29, 0.717) is 11.5 Å². The number of nitrogens with one attached hydrogen (secondary N) is 2. The molecule has 148 valence electrons. The fraction of sp³-hybridized carbons (Fsp3) is 0.286. The average Bonchev–Trinajstić information content (AvgIpc) is 2.68. The Hall–Kier alpha value is -2.80. The number of thioether (sulfide) groups is 1. The zero-order valence-electron chi connectivity index (χ0n) is 16.1. The molecule has 0 fully saturated rings. The molecule has 0 aliphatic carbocycles. The zero-order chi connectivity index (χ0) is 20.2. The van der Waals surface area contributed by atoms with Crippen molar-refractivity contribution in [3.8, 4) is 5.75 Å². The number of ether oxygens (including phenoxy) is 1. The van der Waals surface area contributed by atoms with Crippen LogP contribution in [0.3, 0.4) is 0 Å². The highest BCUT2D eigenvalue weighted by Gasteiger charge is 2.04. The third kappa shape index (κ3) is 8.73. The van der Waals surface area contributed by atoms with Crippen LogP contribution in [0.4, 0.5) is 0 Å². The third-order valence-electron chi connectivity index (χ3n) is 3.45. The molecule has 28 heavy (non-hydrogen) atoms. The van der Waals surface area contributed by atoms with Crippen molar-refractivity contribution >= 4 is 29.8 Å². The van der Waals surface area contributed by atoms with Gasteiger partial charge in [0.25, 0.3) is 5.91 Å². The number of benzene rings is 2. The van der Waals surface area contributed by atoms with Gasteiger partial charge in [-0.05, 0) is 49.2 Å². The van der Waals surface area contributed by atoms with Gasteiger partial charge in [-0.3, -0.25) is 9.59 Å². The lowest BCUT2D eigenvalue weighted by Crippen LogP contribution is -2.34. The summed E-state index contributed by atoms with van der Waals surface area (Å²) in [6.45, 7) is 3.77. The van der Waals surface area contributed by atoms with E-state index in [1.807, 2.05) is 44.2 Å². The second-order valence-electron chi connectivity index (χ2n) is 6.35. The van der Waals surface area contributed by atoms with Crippen molar-refractivity contribution in [2.24, 2.45) is 5.10 Å². The maximum absolute atomic E-state index is 11.8. The van der Waals surface area contributed by atoms with Crippen molar-refractivity contribution in [1.82, 2.24) is 10.7 Å². The van der Waals surface area contributed by atoms with Gasteiger partial charge in [-0.15, -0.1) is 11.8 Å². The second kappa shape index (κ2) is 11.8. The van der Waals surface area contributed by atoms with E-state index in [4.69, 9.17) is 4.74 Å². The number of hydrogen-bond donors (Lipinski definition) is 2. The molecule has 0 bridgehead atoms. The number of carbonyl (C=O) groups is 2. The summed E-state index contributed by atoms with van der Waals surface area (Å²) >= 11 is 1.54. The van der Waals surface area contributed by atoms with Crippen LogP contribution in [0.15, 0.2) is 59.7 Å². The highest BCUT2D eigenvalue weighted by molar-refractivity contribution is 7.99. The van der Waals surface area contributed by atoms with Gasteiger partial charge in [0.1, 0.15) is 5.75 Å². The van der Waals surface area contributed by atoms with Gasteiger partial charge in [-0.1, -0.05) is 30.3 Å². The van der Waals surface area contributed by atoms with Crippen molar-refractivity contribution in [1.29, 1.82) is 0 Å². The second-order valence-corrected chi connectivity index (χ2v) is 7.34. The predicted octanol–water partition coefficient (Wildman–Crippen LogP) is 2.97. The minimum absolute atomic E-state index is 0.0255. The Bertz CT molecular complexity index is 777. The molecule has 2 N–H and O–H groups in total. The summed E-state index contributed by atoms with van der Waals surface area (Å²) in [6.07, 6.45) is 1.56. The Balaban J connectivity index is 1.67. The Morgan fingerprint density at radius 1 is 1.07 bits per heavy atom. The van der Waals surface area contributed by atoms with Crippen LogP contribution >= 0.6 is 11.8 Å². The fourth-order valence-electron chi connectivity index (χ4n) is 2.21. The van der Waals surface area contributed by atoms with Crippen LogP contribution in [-0.4, -0.2) is 36.4 Å². The molecule has 6 nitrogen and oxygen atoms in total. The number of nitrogens with zero attached hydrogens (tertiary/aromatic N) is 1. The van der Waals surface area contributed by atoms with E-state index in [2.05, 4.69) is 15.8 Å². The monoisotopic (exact) mass is 399 g/mol. The van der Waals surface area contributed by atoms with Crippen LogP contribution in [-0.2, 0) is 15.3 Å². The molecule has 0 radical (unpaired) electrons. The zero-order valence-corrected chi connectivity index (χ0v) is 16.9. The van der Waals surface area contributed by atoms with Gasteiger partial charge in [-0.25, -0.2) is 5.43 Å². The maximum Gasteiger partial charge on any atom is 0.258 e. The van der Waals surface area contributed by atoms with Gasteiger partial charge in [-0.2, -0.15) is 5.10 Å². The number of hydrazone groups is 1. The summed E-state index contributed by atoms with van der Waals surface area (Å²) in [6, 6.07) is 17.2. The average molecular weight is 400 g/mol. The molecular formula is C21H25N3O3S. The van der Waals surface area contributed by atoms with E-state index in [0.717, 1.165) is 11.3 Å². The Morgan fingerprint density at radius 2 is 1.79 bits per heavy atom. The van der Waals surface area contributed by atoms with Crippen molar-refractivity contribution in [2.75, 3.05) is 12.4 Å². The standard InChI is InChI=1S/C21H25N3O3S/c1-16(2)23-20(25)13-27-19-10-8-17(9-11-19)12-22-24-21(26)15-28-14-18-6-4-3-5-7-18/h3-12,16H,13-15H2,1-2H3,(H,23,25)(H,24,26)/b22-12+. The van der Waals surface area contributed by atoms with Crippen molar-refractivity contribution < 1.29 is 14.3 Å². The highest BCUT2D eigenvalue weighted by atomic mass is 32.2. The number of amides is 2. The molecule has 2 aromatic rings. The molecule has 2 amide bonds. The molecule has 2 aromatic carbocycles. The molecule has 0 aliphatic heterocycles. The van der Waals surface area contributed by atoms with Crippen LogP contribution < -0.4 is 15.5 Å². The summed E-state index contributed by atoms with van der Waals surface area (Å²) in [7, 11) is 0. The van der Waals surface area contributed by atoms with Gasteiger partial charge in [0.05, 0.1) is 12.0 Å². The normalized spacial score (nSPS) is 10.8. The van der Waals surface area contributed by atoms with Crippen LogP contribution in [0, 0.1) is 0 Å². The molecule has 0 spiro atoms. The van der Waals surface area contributed by atoms with Gasteiger partial charge >= 0.3 is 0 Å². The van der Waals surface area contributed by atoms with Crippen LogP contribution in [0.25, 0.3) is 0 Å². The minimum atomic E-state index is -0.159. The smallest absolute Gasteiger partial charge is 0.258 e. The molecular weight excluding hydrogens is 374 g/mol. The van der Waals surface area contributed by atoms with E-state index in [-0.39, 0.29) is 24.5 Å². The van der Waals surface area contributed by atoms with Gasteiger partial charge in [0, 0.05) is 11.8 Å². The molecule has 0 aliphatic rings. The molecule has 0 aromatic heterocycles. The molecule has 7 heteroatoms. The summed E-state index contributed by atoms with van der Waals surface area (Å²) in [5.74, 6) is 1.42. The highest BCUT2D eigenvalue weighted by Crippen LogP contribution is 2.12. The van der Waals surface area contributed by atoms with Gasteiger partial charge in [0.2, 0.25) is 5.91 Å². The van der Waals surface area contributed by atoms with E-state index in [1.54, 1.807) is 30.5 Å². The summed E-state index contributed by atoms with van der Waals surface area (Å²) in [5.41, 5.74) is 4.52. The molecule has 0 unspecified atom stereocenters. The molecule has 0 heterocycles. The Morgan fingerprint density at radius 3 is 2.46 bits per heavy atom. The first-order valence-corrected chi connectivity index (χ1v) is 10.1. The molecule has 0 saturated carbocycles. The predicted molar refractivity (Wildman–Crippen MR) is 114 cm³/mol.